The predicted molar refractivity (Wildman–Crippen MR) is 79.1 cm³/mol. The molecule has 1 N–H and O–H groups in total. The molecule has 0 fully saturated rings. The van der Waals surface area contributed by atoms with Gasteiger partial charge in [0.15, 0.2) is 0 Å². The third kappa shape index (κ3) is 5.33. The summed E-state index contributed by atoms with van der Waals surface area (Å²) in [6.45, 7) is 7.73. The molecule has 1 unspecified atom stereocenters. The number of thioether (sulfide) groups is 1. The summed E-state index contributed by atoms with van der Waals surface area (Å²) in [5, 5.41) is 4.99. The third-order valence-corrected chi connectivity index (χ3v) is 4.46. The van der Waals surface area contributed by atoms with Crippen molar-refractivity contribution in [3.05, 3.63) is 29.3 Å². The van der Waals surface area contributed by atoms with E-state index in [2.05, 4.69) is 32.2 Å². The first-order valence-electron chi connectivity index (χ1n) is 6.31. The summed E-state index contributed by atoms with van der Waals surface area (Å²) in [4.78, 5) is 1.17. The third-order valence-electron chi connectivity index (χ3n) is 2.84. The van der Waals surface area contributed by atoms with Gasteiger partial charge in [-0.3, -0.25) is 0 Å². The van der Waals surface area contributed by atoms with Crippen LogP contribution in [0, 0.1) is 0 Å². The van der Waals surface area contributed by atoms with Gasteiger partial charge in [-0.25, -0.2) is 0 Å². The van der Waals surface area contributed by atoms with E-state index in [1.807, 2.05) is 30.0 Å². The Kier molecular flexibility index (Phi) is 7.02. The lowest BCUT2D eigenvalue weighted by atomic mass is 10.2. The average molecular weight is 272 g/mol. The summed E-state index contributed by atoms with van der Waals surface area (Å²) in [5.41, 5.74) is 0. The van der Waals surface area contributed by atoms with Crippen LogP contribution in [0.5, 0.6) is 0 Å². The van der Waals surface area contributed by atoms with Crippen molar-refractivity contribution in [2.75, 3.05) is 6.54 Å². The molecule has 0 aliphatic heterocycles. The summed E-state index contributed by atoms with van der Waals surface area (Å²) < 4.78 is 0. The topological polar surface area (TPSA) is 12.0 Å². The van der Waals surface area contributed by atoms with E-state index in [0.717, 1.165) is 11.6 Å². The van der Waals surface area contributed by atoms with Gasteiger partial charge >= 0.3 is 0 Å². The minimum Gasteiger partial charge on any atom is -0.313 e. The van der Waals surface area contributed by atoms with E-state index in [1.165, 1.54) is 17.7 Å². The van der Waals surface area contributed by atoms with Gasteiger partial charge in [-0.15, -0.1) is 11.8 Å². The SMILES string of the molecule is CCC(CC)NCC(C)Sc1ccccc1Cl. The molecule has 17 heavy (non-hydrogen) atoms. The predicted octanol–water partition coefficient (Wildman–Crippen LogP) is 4.60. The Bertz CT molecular complexity index is 326. The number of hydrogen-bond acceptors (Lipinski definition) is 2. The van der Waals surface area contributed by atoms with Crippen molar-refractivity contribution in [1.82, 2.24) is 5.32 Å². The quantitative estimate of drug-likeness (QED) is 0.728. The molecule has 0 aliphatic carbocycles. The molecular formula is C14H22ClNS. The summed E-state index contributed by atoms with van der Waals surface area (Å²) in [6.07, 6.45) is 2.39. The molecule has 0 aliphatic rings. The molecule has 0 saturated carbocycles. The normalized spacial score (nSPS) is 13.0. The highest BCUT2D eigenvalue weighted by atomic mass is 35.5. The highest BCUT2D eigenvalue weighted by molar-refractivity contribution is 8.00. The van der Waals surface area contributed by atoms with Crippen molar-refractivity contribution >= 4 is 23.4 Å². The van der Waals surface area contributed by atoms with Crippen LogP contribution in [0.25, 0.3) is 0 Å². The molecule has 96 valence electrons. The Morgan fingerprint density at radius 3 is 2.47 bits per heavy atom. The number of hydrogen-bond donors (Lipinski definition) is 1. The molecule has 1 atom stereocenters. The van der Waals surface area contributed by atoms with Gasteiger partial charge in [0.25, 0.3) is 0 Å². The fourth-order valence-electron chi connectivity index (χ4n) is 1.71. The fourth-order valence-corrected chi connectivity index (χ4v) is 2.93. The van der Waals surface area contributed by atoms with E-state index in [0.29, 0.717) is 11.3 Å². The summed E-state index contributed by atoms with van der Waals surface area (Å²) >= 11 is 7.98. The molecule has 0 radical (unpaired) electrons. The Hall–Kier alpha value is -0.180. The zero-order chi connectivity index (χ0) is 12.7. The monoisotopic (exact) mass is 271 g/mol. The summed E-state index contributed by atoms with van der Waals surface area (Å²) in [6, 6.07) is 8.68. The molecule has 0 spiro atoms. The van der Waals surface area contributed by atoms with E-state index in [9.17, 15) is 0 Å². The molecule has 0 bridgehead atoms. The Morgan fingerprint density at radius 1 is 1.24 bits per heavy atom. The molecule has 1 rings (SSSR count). The van der Waals surface area contributed by atoms with Gasteiger partial charge in [0.2, 0.25) is 0 Å². The van der Waals surface area contributed by atoms with Crippen LogP contribution in [0.15, 0.2) is 29.2 Å². The molecular weight excluding hydrogens is 250 g/mol. The maximum atomic E-state index is 6.14. The molecule has 0 aromatic heterocycles. The van der Waals surface area contributed by atoms with Crippen LogP contribution in [-0.2, 0) is 0 Å². The van der Waals surface area contributed by atoms with Crippen LogP contribution < -0.4 is 5.32 Å². The van der Waals surface area contributed by atoms with E-state index in [1.54, 1.807) is 0 Å². The van der Waals surface area contributed by atoms with Crippen LogP contribution in [0.1, 0.15) is 33.6 Å². The minimum atomic E-state index is 0.537. The Balaban J connectivity index is 2.39. The van der Waals surface area contributed by atoms with Crippen LogP contribution in [-0.4, -0.2) is 17.8 Å². The second-order valence-corrected chi connectivity index (χ2v) is 6.17. The van der Waals surface area contributed by atoms with Gasteiger partial charge in [0.05, 0.1) is 5.02 Å². The van der Waals surface area contributed by atoms with Crippen molar-refractivity contribution in [3.8, 4) is 0 Å². The molecule has 0 saturated heterocycles. The standard InChI is InChI=1S/C14H22ClNS/c1-4-12(5-2)16-10-11(3)17-14-9-7-6-8-13(14)15/h6-9,11-12,16H,4-5,10H2,1-3H3. The molecule has 1 aromatic rings. The zero-order valence-corrected chi connectivity index (χ0v) is 12.4. The van der Waals surface area contributed by atoms with Crippen molar-refractivity contribution in [2.45, 2.75) is 49.8 Å². The Morgan fingerprint density at radius 2 is 1.88 bits per heavy atom. The Labute approximate surface area is 114 Å². The maximum absolute atomic E-state index is 6.14. The van der Waals surface area contributed by atoms with E-state index < -0.39 is 0 Å². The minimum absolute atomic E-state index is 0.537. The zero-order valence-electron chi connectivity index (χ0n) is 10.9. The number of rotatable bonds is 7. The van der Waals surface area contributed by atoms with Gasteiger partial charge in [-0.2, -0.15) is 0 Å². The lowest BCUT2D eigenvalue weighted by Gasteiger charge is -2.18. The van der Waals surface area contributed by atoms with E-state index >= 15 is 0 Å². The first-order chi connectivity index (χ1) is 8.17. The van der Waals surface area contributed by atoms with Crippen molar-refractivity contribution < 1.29 is 0 Å². The number of halogens is 1. The van der Waals surface area contributed by atoms with Crippen LogP contribution in [0.4, 0.5) is 0 Å². The summed E-state index contributed by atoms with van der Waals surface area (Å²) in [7, 11) is 0. The maximum Gasteiger partial charge on any atom is 0.0541 e. The van der Waals surface area contributed by atoms with Crippen molar-refractivity contribution in [2.24, 2.45) is 0 Å². The average Bonchev–Trinajstić information content (AvgIpc) is 2.33. The fraction of sp³-hybridized carbons (Fsp3) is 0.571. The second-order valence-electron chi connectivity index (χ2n) is 4.28. The molecule has 0 heterocycles. The van der Waals surface area contributed by atoms with E-state index in [-0.39, 0.29) is 0 Å². The van der Waals surface area contributed by atoms with E-state index in [4.69, 9.17) is 11.6 Å². The first-order valence-corrected chi connectivity index (χ1v) is 7.57. The lowest BCUT2D eigenvalue weighted by Crippen LogP contribution is -2.32. The highest BCUT2D eigenvalue weighted by Crippen LogP contribution is 2.29. The second kappa shape index (κ2) is 8.02. The lowest BCUT2D eigenvalue weighted by molar-refractivity contribution is 0.488. The molecule has 1 aromatic carbocycles. The van der Waals surface area contributed by atoms with Crippen LogP contribution in [0.3, 0.4) is 0 Å². The first kappa shape index (κ1) is 14.9. The largest absolute Gasteiger partial charge is 0.313 e. The molecule has 1 nitrogen and oxygen atoms in total. The van der Waals surface area contributed by atoms with Crippen molar-refractivity contribution in [1.29, 1.82) is 0 Å². The molecule has 0 amide bonds. The van der Waals surface area contributed by atoms with Gasteiger partial charge < -0.3 is 5.32 Å². The van der Waals surface area contributed by atoms with Crippen LogP contribution >= 0.6 is 23.4 Å². The highest BCUT2D eigenvalue weighted by Gasteiger charge is 2.09. The van der Waals surface area contributed by atoms with Gasteiger partial charge in [-0.05, 0) is 25.0 Å². The van der Waals surface area contributed by atoms with Crippen LogP contribution in [0.2, 0.25) is 5.02 Å². The number of benzene rings is 1. The van der Waals surface area contributed by atoms with Gasteiger partial charge in [0.1, 0.15) is 0 Å². The molecule has 3 heteroatoms. The van der Waals surface area contributed by atoms with Crippen molar-refractivity contribution in [3.63, 3.8) is 0 Å². The summed E-state index contributed by atoms with van der Waals surface area (Å²) in [5.74, 6) is 0. The van der Waals surface area contributed by atoms with Gasteiger partial charge in [0, 0.05) is 22.7 Å². The number of nitrogens with one attached hydrogen (secondary N) is 1. The van der Waals surface area contributed by atoms with Gasteiger partial charge in [-0.1, -0.05) is 44.5 Å². The smallest absolute Gasteiger partial charge is 0.0541 e.